The van der Waals surface area contributed by atoms with Crippen molar-refractivity contribution in [1.82, 2.24) is 0 Å². The molecule has 0 N–H and O–H groups in total. The molecule has 0 aromatic heterocycles. The summed E-state index contributed by atoms with van der Waals surface area (Å²) in [5.74, 6) is 0. The molecule has 0 aliphatic carbocycles. The molecule has 0 aliphatic rings. The van der Waals surface area contributed by atoms with Crippen molar-refractivity contribution in [1.29, 1.82) is 0 Å². The zero-order valence-electron chi connectivity index (χ0n) is 11.1. The number of allylic oxidation sites excluding steroid dienone is 3. The first-order chi connectivity index (χ1) is 7.97. The number of aliphatic imine (C=N–C) groups is 1. The molecule has 0 aliphatic heterocycles. The van der Waals surface area contributed by atoms with Crippen molar-refractivity contribution in [2.45, 2.75) is 33.2 Å². The smallest absolute Gasteiger partial charge is 0.0524 e. The van der Waals surface area contributed by atoms with Crippen molar-refractivity contribution < 1.29 is 0 Å². The molecular formula is C16H21N. The molecule has 1 nitrogen and oxygen atoms in total. The third-order valence-corrected chi connectivity index (χ3v) is 2.10. The highest BCUT2D eigenvalue weighted by Crippen LogP contribution is 2.06. The summed E-state index contributed by atoms with van der Waals surface area (Å²) in [6.45, 7) is 8.34. The first-order valence-electron chi connectivity index (χ1n) is 5.93. The van der Waals surface area contributed by atoms with E-state index in [1.165, 1.54) is 5.56 Å². The van der Waals surface area contributed by atoms with Crippen molar-refractivity contribution in [2.24, 2.45) is 4.99 Å². The molecular weight excluding hydrogens is 206 g/mol. The van der Waals surface area contributed by atoms with Gasteiger partial charge >= 0.3 is 0 Å². The molecule has 0 heterocycles. The average Bonchev–Trinajstić information content (AvgIpc) is 2.27. The van der Waals surface area contributed by atoms with Gasteiger partial charge in [0.1, 0.15) is 0 Å². The molecule has 1 aromatic rings. The molecule has 90 valence electrons. The van der Waals surface area contributed by atoms with E-state index in [4.69, 9.17) is 0 Å². The Morgan fingerprint density at radius 3 is 2.35 bits per heavy atom. The van der Waals surface area contributed by atoms with Crippen LogP contribution in [-0.2, 0) is 0 Å². The lowest BCUT2D eigenvalue weighted by molar-refractivity contribution is 0.586. The summed E-state index contributed by atoms with van der Waals surface area (Å²) in [6, 6.07) is 10.3. The largest absolute Gasteiger partial charge is 0.287 e. The molecule has 0 saturated carbocycles. The average molecular weight is 227 g/mol. The number of hydrogen-bond acceptors (Lipinski definition) is 1. The third kappa shape index (κ3) is 6.52. The first-order valence-corrected chi connectivity index (χ1v) is 5.93. The summed E-state index contributed by atoms with van der Waals surface area (Å²) in [5.41, 5.74) is 2.37. The first kappa shape index (κ1) is 13.4. The highest BCUT2D eigenvalue weighted by atomic mass is 14.8. The van der Waals surface area contributed by atoms with Gasteiger partial charge in [0, 0.05) is 6.21 Å². The quantitative estimate of drug-likeness (QED) is 0.532. The molecule has 0 amide bonds. The van der Waals surface area contributed by atoms with Crippen LogP contribution in [0, 0.1) is 0 Å². The van der Waals surface area contributed by atoms with Gasteiger partial charge in [-0.3, -0.25) is 4.99 Å². The maximum atomic E-state index is 4.45. The van der Waals surface area contributed by atoms with Gasteiger partial charge in [0.2, 0.25) is 0 Å². The summed E-state index contributed by atoms with van der Waals surface area (Å²) >= 11 is 0. The fourth-order valence-corrected chi connectivity index (χ4v) is 1.21. The fraction of sp³-hybridized carbons (Fsp3) is 0.312. The summed E-state index contributed by atoms with van der Waals surface area (Å²) < 4.78 is 0. The Morgan fingerprint density at radius 2 is 1.76 bits per heavy atom. The van der Waals surface area contributed by atoms with Crippen molar-refractivity contribution in [3.05, 3.63) is 53.6 Å². The van der Waals surface area contributed by atoms with Gasteiger partial charge in [-0.25, -0.2) is 0 Å². The summed E-state index contributed by atoms with van der Waals surface area (Å²) in [5, 5.41) is 0. The Labute approximate surface area is 105 Å². The zero-order chi connectivity index (χ0) is 12.7. The van der Waals surface area contributed by atoms with Crippen LogP contribution in [0.15, 0.2) is 53.0 Å². The van der Waals surface area contributed by atoms with E-state index in [1.807, 2.05) is 24.4 Å². The van der Waals surface area contributed by atoms with Gasteiger partial charge in [0.05, 0.1) is 5.54 Å². The van der Waals surface area contributed by atoms with Crippen LogP contribution in [0.2, 0.25) is 0 Å². The second-order valence-electron chi connectivity index (χ2n) is 5.11. The minimum absolute atomic E-state index is 0.00174. The summed E-state index contributed by atoms with van der Waals surface area (Å²) in [6.07, 6.45) is 8.14. The van der Waals surface area contributed by atoms with Gasteiger partial charge in [0.15, 0.2) is 0 Å². The maximum absolute atomic E-state index is 4.45. The van der Waals surface area contributed by atoms with Gasteiger partial charge in [-0.1, -0.05) is 48.6 Å². The van der Waals surface area contributed by atoms with Gasteiger partial charge in [-0.15, -0.1) is 0 Å². The van der Waals surface area contributed by atoms with Crippen molar-refractivity contribution >= 4 is 12.3 Å². The van der Waals surface area contributed by atoms with Crippen LogP contribution >= 0.6 is 0 Å². The predicted molar refractivity (Wildman–Crippen MR) is 77.5 cm³/mol. The molecule has 0 radical (unpaired) electrons. The van der Waals surface area contributed by atoms with E-state index in [0.717, 1.165) is 5.57 Å². The standard InChI is InChI=1S/C16H21N/c1-14(13-17-16(2,3)4)9-8-12-15-10-6-5-7-11-15/h5-13H,1-4H3/b12-8+,14-9+,17-13?. The van der Waals surface area contributed by atoms with Crippen LogP contribution in [0.3, 0.4) is 0 Å². The van der Waals surface area contributed by atoms with E-state index in [2.05, 4.69) is 63.0 Å². The summed E-state index contributed by atoms with van der Waals surface area (Å²) in [7, 11) is 0. The fourth-order valence-electron chi connectivity index (χ4n) is 1.21. The Bertz CT molecular complexity index is 417. The van der Waals surface area contributed by atoms with E-state index in [0.29, 0.717) is 0 Å². The topological polar surface area (TPSA) is 12.4 Å². The minimum atomic E-state index is -0.00174. The number of hydrogen-bond donors (Lipinski definition) is 0. The molecule has 0 saturated heterocycles. The lowest BCUT2D eigenvalue weighted by Gasteiger charge is -2.10. The Morgan fingerprint density at radius 1 is 1.12 bits per heavy atom. The van der Waals surface area contributed by atoms with E-state index in [-0.39, 0.29) is 5.54 Å². The second-order valence-corrected chi connectivity index (χ2v) is 5.11. The van der Waals surface area contributed by atoms with Crippen LogP contribution in [0.5, 0.6) is 0 Å². The lowest BCUT2D eigenvalue weighted by atomic mass is 10.1. The second kappa shape index (κ2) is 6.19. The van der Waals surface area contributed by atoms with Crippen molar-refractivity contribution in [2.75, 3.05) is 0 Å². The van der Waals surface area contributed by atoms with E-state index < -0.39 is 0 Å². The van der Waals surface area contributed by atoms with Gasteiger partial charge in [-0.2, -0.15) is 0 Å². The number of nitrogens with zero attached hydrogens (tertiary/aromatic N) is 1. The maximum Gasteiger partial charge on any atom is 0.0524 e. The molecule has 1 heteroatoms. The van der Waals surface area contributed by atoms with E-state index >= 15 is 0 Å². The zero-order valence-corrected chi connectivity index (χ0v) is 11.1. The molecule has 0 unspecified atom stereocenters. The van der Waals surface area contributed by atoms with Crippen LogP contribution in [0.25, 0.3) is 6.08 Å². The van der Waals surface area contributed by atoms with Crippen LogP contribution in [0.4, 0.5) is 0 Å². The van der Waals surface area contributed by atoms with E-state index in [1.54, 1.807) is 0 Å². The number of rotatable bonds is 3. The monoisotopic (exact) mass is 227 g/mol. The molecule has 17 heavy (non-hydrogen) atoms. The molecule has 0 fully saturated rings. The molecule has 1 rings (SSSR count). The van der Waals surface area contributed by atoms with Gasteiger partial charge < -0.3 is 0 Å². The molecule has 1 aromatic carbocycles. The molecule has 0 bridgehead atoms. The Balaban J connectivity index is 2.60. The lowest BCUT2D eigenvalue weighted by Crippen LogP contribution is -2.09. The SMILES string of the molecule is C/C(C=NC(C)(C)C)=C\C=C\c1ccccc1. The molecule has 0 atom stereocenters. The Kier molecular flexibility index (Phi) is 4.89. The Hall–Kier alpha value is -1.63. The molecule has 0 spiro atoms. The highest BCUT2D eigenvalue weighted by Gasteiger charge is 2.03. The number of benzene rings is 1. The highest BCUT2D eigenvalue weighted by molar-refractivity contribution is 5.78. The van der Waals surface area contributed by atoms with Crippen molar-refractivity contribution in [3.63, 3.8) is 0 Å². The van der Waals surface area contributed by atoms with Crippen LogP contribution in [0.1, 0.15) is 33.3 Å². The van der Waals surface area contributed by atoms with Crippen LogP contribution < -0.4 is 0 Å². The minimum Gasteiger partial charge on any atom is -0.287 e. The van der Waals surface area contributed by atoms with Gasteiger partial charge in [0.25, 0.3) is 0 Å². The van der Waals surface area contributed by atoms with E-state index in [9.17, 15) is 0 Å². The van der Waals surface area contributed by atoms with Crippen LogP contribution in [-0.4, -0.2) is 11.8 Å². The normalized spacial score (nSPS) is 13.8. The summed E-state index contributed by atoms with van der Waals surface area (Å²) in [4.78, 5) is 4.45. The van der Waals surface area contributed by atoms with Crippen molar-refractivity contribution in [3.8, 4) is 0 Å². The predicted octanol–water partition coefficient (Wildman–Crippen LogP) is 4.52. The van der Waals surface area contributed by atoms with Gasteiger partial charge in [-0.05, 0) is 38.8 Å². The third-order valence-electron chi connectivity index (χ3n) is 2.10.